The van der Waals surface area contributed by atoms with E-state index in [-0.39, 0.29) is 24.5 Å². The summed E-state index contributed by atoms with van der Waals surface area (Å²) in [5, 5.41) is 8.82. The summed E-state index contributed by atoms with van der Waals surface area (Å²) in [5.74, 6) is 1.71. The number of carbonyl (C=O) groups excluding carboxylic acids is 2. The van der Waals surface area contributed by atoms with Gasteiger partial charge in [-0.2, -0.15) is 5.10 Å². The molecule has 9 heteroatoms. The zero-order chi connectivity index (χ0) is 24.0. The number of nitrogens with zero attached hydrogens (tertiary/aromatic N) is 3. The molecule has 1 aliphatic rings. The second-order valence-electron chi connectivity index (χ2n) is 7.54. The molecule has 2 aromatic carbocycles. The van der Waals surface area contributed by atoms with Crippen molar-refractivity contribution < 1.29 is 23.8 Å². The first-order chi connectivity index (χ1) is 15.9. The highest BCUT2D eigenvalue weighted by Gasteiger charge is 2.34. The number of benzene rings is 2. The quantitative estimate of drug-likeness (QED) is 0.662. The number of carbonyl (C=O) groups is 2. The monoisotopic (exact) mass is 454 g/mol. The Morgan fingerprint density at radius 2 is 1.73 bits per heavy atom. The molecule has 3 rings (SSSR count). The van der Waals surface area contributed by atoms with Crippen LogP contribution in [0.15, 0.2) is 47.6 Å². The number of methoxy groups -OCH3 is 3. The Bertz CT molecular complexity index is 1020. The average Bonchev–Trinajstić information content (AvgIpc) is 3.29. The number of urea groups is 1. The van der Waals surface area contributed by atoms with Crippen molar-refractivity contribution in [3.63, 3.8) is 0 Å². The zero-order valence-corrected chi connectivity index (χ0v) is 19.6. The fourth-order valence-electron chi connectivity index (χ4n) is 3.66. The van der Waals surface area contributed by atoms with E-state index in [2.05, 4.69) is 10.4 Å². The summed E-state index contributed by atoms with van der Waals surface area (Å²) in [5.41, 5.74) is 2.41. The molecule has 0 saturated carbocycles. The van der Waals surface area contributed by atoms with Gasteiger partial charge < -0.3 is 24.4 Å². The summed E-state index contributed by atoms with van der Waals surface area (Å²) < 4.78 is 16.1. The second kappa shape index (κ2) is 10.7. The molecule has 1 aliphatic heterocycles. The number of amides is 3. The smallest absolute Gasteiger partial charge is 0.317 e. The van der Waals surface area contributed by atoms with Crippen LogP contribution in [0.4, 0.5) is 4.79 Å². The molecule has 1 heterocycles. The van der Waals surface area contributed by atoms with E-state index in [1.807, 2.05) is 43.3 Å². The first-order valence-electron chi connectivity index (χ1n) is 10.7. The molecule has 1 atom stereocenters. The molecule has 3 amide bonds. The first-order valence-corrected chi connectivity index (χ1v) is 10.7. The molecular weight excluding hydrogens is 424 g/mol. The predicted octanol–water partition coefficient (Wildman–Crippen LogP) is 3.05. The van der Waals surface area contributed by atoms with Crippen LogP contribution in [0.3, 0.4) is 0 Å². The van der Waals surface area contributed by atoms with E-state index >= 15 is 0 Å². The van der Waals surface area contributed by atoms with Gasteiger partial charge in [-0.1, -0.05) is 12.1 Å². The Labute approximate surface area is 193 Å². The minimum Gasteiger partial charge on any atom is -0.497 e. The number of rotatable bonds is 8. The molecule has 0 bridgehead atoms. The third-order valence-electron chi connectivity index (χ3n) is 5.43. The number of nitrogens with one attached hydrogen (secondary N) is 1. The largest absolute Gasteiger partial charge is 0.497 e. The molecule has 9 nitrogen and oxygen atoms in total. The van der Waals surface area contributed by atoms with Crippen molar-refractivity contribution in [1.29, 1.82) is 0 Å². The molecule has 1 N–H and O–H groups in total. The fraction of sp³-hybridized carbons (Fsp3) is 0.375. The van der Waals surface area contributed by atoms with Crippen molar-refractivity contribution in [2.24, 2.45) is 5.10 Å². The lowest BCUT2D eigenvalue weighted by molar-refractivity contribution is -0.133. The van der Waals surface area contributed by atoms with E-state index in [1.165, 1.54) is 9.91 Å². The lowest BCUT2D eigenvalue weighted by Crippen LogP contribution is -2.43. The Morgan fingerprint density at radius 1 is 1.06 bits per heavy atom. The third-order valence-corrected chi connectivity index (χ3v) is 5.43. The lowest BCUT2D eigenvalue weighted by Gasteiger charge is -2.25. The summed E-state index contributed by atoms with van der Waals surface area (Å²) in [6.45, 7) is 2.21. The first kappa shape index (κ1) is 23.9. The minimum atomic E-state index is -0.326. The predicted molar refractivity (Wildman–Crippen MR) is 125 cm³/mol. The van der Waals surface area contributed by atoms with Crippen molar-refractivity contribution in [1.82, 2.24) is 15.2 Å². The van der Waals surface area contributed by atoms with E-state index in [0.717, 1.165) is 16.9 Å². The van der Waals surface area contributed by atoms with Crippen LogP contribution in [0, 0.1) is 0 Å². The highest BCUT2D eigenvalue weighted by molar-refractivity contribution is 6.05. The summed E-state index contributed by atoms with van der Waals surface area (Å²) in [4.78, 5) is 26.7. The van der Waals surface area contributed by atoms with Crippen LogP contribution in [0.1, 0.15) is 30.5 Å². The van der Waals surface area contributed by atoms with Crippen LogP contribution >= 0.6 is 0 Å². The molecule has 0 aliphatic carbocycles. The van der Waals surface area contributed by atoms with Gasteiger partial charge in [-0.3, -0.25) is 4.79 Å². The van der Waals surface area contributed by atoms with Gasteiger partial charge in [0.15, 0.2) is 0 Å². The van der Waals surface area contributed by atoms with Gasteiger partial charge >= 0.3 is 6.03 Å². The highest BCUT2D eigenvalue weighted by Crippen LogP contribution is 2.36. The van der Waals surface area contributed by atoms with Crippen molar-refractivity contribution in [2.75, 3.05) is 41.5 Å². The maximum Gasteiger partial charge on any atom is 0.317 e. The Hall–Kier alpha value is -3.75. The van der Waals surface area contributed by atoms with E-state index in [1.54, 1.807) is 34.4 Å². The van der Waals surface area contributed by atoms with Gasteiger partial charge in [0.05, 0.1) is 33.1 Å². The van der Waals surface area contributed by atoms with Gasteiger partial charge in [0, 0.05) is 31.6 Å². The number of hydrogen-bond donors (Lipinski definition) is 1. The number of hydrazone groups is 1. The zero-order valence-electron chi connectivity index (χ0n) is 19.6. The normalized spacial score (nSPS) is 15.0. The van der Waals surface area contributed by atoms with Crippen LogP contribution in [-0.2, 0) is 4.79 Å². The molecule has 0 fully saturated rings. The molecule has 33 heavy (non-hydrogen) atoms. The summed E-state index contributed by atoms with van der Waals surface area (Å²) >= 11 is 0. The van der Waals surface area contributed by atoms with Crippen molar-refractivity contribution in [3.8, 4) is 17.2 Å². The van der Waals surface area contributed by atoms with Crippen LogP contribution in [-0.4, -0.2) is 69.0 Å². The maximum absolute atomic E-state index is 13.2. The van der Waals surface area contributed by atoms with E-state index in [0.29, 0.717) is 30.2 Å². The molecule has 0 unspecified atom stereocenters. The second-order valence-corrected chi connectivity index (χ2v) is 7.54. The Balaban J connectivity index is 1.94. The van der Waals surface area contributed by atoms with Gasteiger partial charge in [0.2, 0.25) is 0 Å². The third kappa shape index (κ3) is 5.36. The Kier molecular flexibility index (Phi) is 7.76. The molecule has 0 aromatic heterocycles. The standard InChI is InChI=1S/C24H30N4O5/c1-6-25-24(30)27(2)15-23(29)28-21(16-7-9-17(31-3)10-8-16)14-20(26-28)19-12-11-18(32-4)13-22(19)33-5/h7-13,21H,6,14-15H2,1-5H3,(H,25,30)/t21-/m0/s1. The van der Waals surface area contributed by atoms with Gasteiger partial charge in [-0.25, -0.2) is 9.80 Å². The van der Waals surface area contributed by atoms with Gasteiger partial charge in [0.1, 0.15) is 23.8 Å². The van der Waals surface area contributed by atoms with E-state index in [4.69, 9.17) is 14.2 Å². The minimum absolute atomic E-state index is 0.102. The van der Waals surface area contributed by atoms with Crippen LogP contribution in [0.5, 0.6) is 17.2 Å². The van der Waals surface area contributed by atoms with Crippen LogP contribution in [0.2, 0.25) is 0 Å². The topological polar surface area (TPSA) is 92.7 Å². The average molecular weight is 455 g/mol. The lowest BCUT2D eigenvalue weighted by atomic mass is 9.97. The number of hydrogen-bond acceptors (Lipinski definition) is 6. The molecule has 176 valence electrons. The molecule has 0 spiro atoms. The summed E-state index contributed by atoms with van der Waals surface area (Å²) in [7, 11) is 6.36. The Morgan fingerprint density at radius 3 is 2.33 bits per heavy atom. The summed E-state index contributed by atoms with van der Waals surface area (Å²) in [6, 6.07) is 12.4. The number of ether oxygens (including phenoxy) is 3. The molecular formula is C24H30N4O5. The van der Waals surface area contributed by atoms with Crippen molar-refractivity contribution in [2.45, 2.75) is 19.4 Å². The van der Waals surface area contributed by atoms with Gasteiger partial charge in [0.25, 0.3) is 5.91 Å². The van der Waals surface area contributed by atoms with Gasteiger partial charge in [-0.15, -0.1) is 0 Å². The SMILES string of the molecule is CCNC(=O)N(C)CC(=O)N1N=C(c2ccc(OC)cc2OC)C[C@H]1c1ccc(OC)cc1. The molecule has 0 saturated heterocycles. The van der Waals surface area contributed by atoms with Crippen molar-refractivity contribution in [3.05, 3.63) is 53.6 Å². The van der Waals surface area contributed by atoms with Gasteiger partial charge in [-0.05, 0) is 36.8 Å². The maximum atomic E-state index is 13.2. The van der Waals surface area contributed by atoms with Crippen LogP contribution < -0.4 is 19.5 Å². The molecule has 2 aromatic rings. The van der Waals surface area contributed by atoms with Crippen LogP contribution in [0.25, 0.3) is 0 Å². The highest BCUT2D eigenvalue weighted by atomic mass is 16.5. The van der Waals surface area contributed by atoms with E-state index < -0.39 is 0 Å². The number of likely N-dealkylation sites (N-methyl/N-ethyl adjacent to an activating group) is 1. The summed E-state index contributed by atoms with van der Waals surface area (Å²) in [6.07, 6.45) is 0.492. The molecule has 0 radical (unpaired) electrons. The van der Waals surface area contributed by atoms with Crippen molar-refractivity contribution >= 4 is 17.6 Å². The fourth-order valence-corrected chi connectivity index (χ4v) is 3.66. The van der Waals surface area contributed by atoms with E-state index in [9.17, 15) is 9.59 Å².